The number of nitrogens with zero attached hydrogens (tertiary/aromatic N) is 2. The van der Waals surface area contributed by atoms with Crippen LogP contribution in [-0.2, 0) is 29.4 Å². The lowest BCUT2D eigenvalue weighted by Gasteiger charge is -2.12. The van der Waals surface area contributed by atoms with Crippen LogP contribution in [0.2, 0.25) is 0 Å². The molecule has 0 unspecified atom stereocenters. The molecule has 9 heteroatoms. The van der Waals surface area contributed by atoms with E-state index in [0.29, 0.717) is 15.9 Å². The Morgan fingerprint density at radius 1 is 1.13 bits per heavy atom. The lowest BCUT2D eigenvalue weighted by Crippen LogP contribution is -2.29. The van der Waals surface area contributed by atoms with Gasteiger partial charge in [-0.25, -0.2) is 9.07 Å². The lowest BCUT2D eigenvalue weighted by atomic mass is 10.2. The predicted molar refractivity (Wildman–Crippen MR) is 118 cm³/mol. The quantitative estimate of drug-likeness (QED) is 0.547. The normalized spacial score (nSPS) is 12.5. The minimum absolute atomic E-state index is 0.0234. The lowest BCUT2D eigenvalue weighted by molar-refractivity contribution is -0.122. The van der Waals surface area contributed by atoms with Crippen molar-refractivity contribution in [3.05, 3.63) is 81.2 Å². The maximum absolute atomic E-state index is 13.0. The number of nitrogens with one attached hydrogen (secondary N) is 2. The molecule has 0 atom stereocenters. The number of aromatic nitrogens is 2. The number of anilines is 1. The molecule has 0 radical (unpaired) electrons. The van der Waals surface area contributed by atoms with Crippen LogP contribution in [-0.4, -0.2) is 21.6 Å². The van der Waals surface area contributed by atoms with E-state index in [9.17, 15) is 14.0 Å². The van der Waals surface area contributed by atoms with Crippen LogP contribution in [0.5, 0.6) is 0 Å². The number of fused-ring (bicyclic) bond motifs is 1. The number of thioether (sulfide) groups is 1. The summed E-state index contributed by atoms with van der Waals surface area (Å²) in [5.74, 6) is 1.20. The zero-order chi connectivity index (χ0) is 21.1. The molecule has 0 saturated heterocycles. The molecule has 4 rings (SSSR count). The Morgan fingerprint density at radius 2 is 1.90 bits per heavy atom. The van der Waals surface area contributed by atoms with Gasteiger partial charge in [0.25, 0.3) is 5.91 Å². The van der Waals surface area contributed by atoms with Gasteiger partial charge in [0.1, 0.15) is 18.2 Å². The van der Waals surface area contributed by atoms with Gasteiger partial charge in [-0.3, -0.25) is 9.59 Å². The zero-order valence-electron chi connectivity index (χ0n) is 15.8. The van der Waals surface area contributed by atoms with Gasteiger partial charge in [-0.05, 0) is 45.8 Å². The van der Waals surface area contributed by atoms with Crippen LogP contribution < -0.4 is 10.6 Å². The summed E-state index contributed by atoms with van der Waals surface area (Å²) in [6.07, 6.45) is 0. The second-order valence-corrected chi connectivity index (χ2v) is 8.60. The van der Waals surface area contributed by atoms with Gasteiger partial charge < -0.3 is 10.6 Å². The molecule has 0 saturated carbocycles. The maximum atomic E-state index is 13.0. The van der Waals surface area contributed by atoms with Crippen molar-refractivity contribution >= 4 is 45.3 Å². The number of amides is 2. The highest BCUT2D eigenvalue weighted by molar-refractivity contribution is 9.10. The van der Waals surface area contributed by atoms with Crippen molar-refractivity contribution in [1.29, 1.82) is 0 Å². The van der Waals surface area contributed by atoms with Gasteiger partial charge in [0, 0.05) is 28.1 Å². The number of hydrogen-bond acceptors (Lipinski definition) is 4. The zero-order valence-corrected chi connectivity index (χ0v) is 18.2. The number of halogens is 2. The van der Waals surface area contributed by atoms with Crippen molar-refractivity contribution in [2.75, 3.05) is 5.32 Å². The van der Waals surface area contributed by atoms with Crippen LogP contribution in [0.1, 0.15) is 27.2 Å². The van der Waals surface area contributed by atoms with E-state index in [4.69, 9.17) is 0 Å². The smallest absolute Gasteiger partial charge is 0.257 e. The van der Waals surface area contributed by atoms with Crippen LogP contribution in [0, 0.1) is 5.82 Å². The molecule has 3 aromatic rings. The SMILES string of the molecule is O=C(Cn1nc2c(c1NC(=O)c1ccccc1Br)CSC2)NCc1ccc(F)cc1. The Kier molecular flexibility index (Phi) is 6.19. The van der Waals surface area contributed by atoms with E-state index in [2.05, 4.69) is 31.7 Å². The average molecular weight is 489 g/mol. The van der Waals surface area contributed by atoms with E-state index >= 15 is 0 Å². The molecule has 2 heterocycles. The van der Waals surface area contributed by atoms with E-state index in [-0.39, 0.29) is 30.7 Å². The van der Waals surface area contributed by atoms with Crippen molar-refractivity contribution in [2.24, 2.45) is 0 Å². The molecule has 154 valence electrons. The fourth-order valence-electron chi connectivity index (χ4n) is 3.14. The summed E-state index contributed by atoms with van der Waals surface area (Å²) in [4.78, 5) is 25.3. The first-order valence-electron chi connectivity index (χ1n) is 9.24. The van der Waals surface area contributed by atoms with Gasteiger partial charge in [-0.15, -0.1) is 0 Å². The molecular weight excluding hydrogens is 471 g/mol. The van der Waals surface area contributed by atoms with Gasteiger partial charge >= 0.3 is 0 Å². The van der Waals surface area contributed by atoms with E-state index in [0.717, 1.165) is 28.3 Å². The Bertz CT molecular complexity index is 1100. The third-order valence-electron chi connectivity index (χ3n) is 4.67. The molecule has 0 spiro atoms. The van der Waals surface area contributed by atoms with E-state index in [1.165, 1.54) is 12.1 Å². The van der Waals surface area contributed by atoms with Crippen LogP contribution in [0.15, 0.2) is 53.0 Å². The Balaban J connectivity index is 1.48. The molecule has 2 N–H and O–H groups in total. The van der Waals surface area contributed by atoms with E-state index < -0.39 is 0 Å². The number of rotatable bonds is 6. The molecule has 1 aliphatic heterocycles. The summed E-state index contributed by atoms with van der Waals surface area (Å²) >= 11 is 5.11. The van der Waals surface area contributed by atoms with Gasteiger partial charge in [0.2, 0.25) is 5.91 Å². The molecule has 2 amide bonds. The van der Waals surface area contributed by atoms with Crippen LogP contribution >= 0.6 is 27.7 Å². The monoisotopic (exact) mass is 488 g/mol. The van der Waals surface area contributed by atoms with Crippen molar-refractivity contribution in [3.63, 3.8) is 0 Å². The largest absolute Gasteiger partial charge is 0.350 e. The summed E-state index contributed by atoms with van der Waals surface area (Å²) in [5.41, 5.74) is 3.14. The molecule has 1 aliphatic rings. The van der Waals surface area contributed by atoms with Crippen LogP contribution in [0.4, 0.5) is 10.2 Å². The second kappa shape index (κ2) is 9.01. The molecule has 6 nitrogen and oxygen atoms in total. The molecule has 0 aliphatic carbocycles. The average Bonchev–Trinajstić information content (AvgIpc) is 3.30. The number of carbonyl (C=O) groups is 2. The van der Waals surface area contributed by atoms with Crippen molar-refractivity contribution < 1.29 is 14.0 Å². The first-order valence-corrected chi connectivity index (χ1v) is 11.2. The standard InChI is InChI=1S/C21H18BrFN4O2S/c22-17-4-2-1-3-15(17)21(29)25-20-16-11-30-12-18(16)26-27(20)10-19(28)24-9-13-5-7-14(23)8-6-13/h1-8H,9-12H2,(H,24,28)(H,25,29). The molecule has 1 aromatic heterocycles. The highest BCUT2D eigenvalue weighted by Gasteiger charge is 2.25. The Morgan fingerprint density at radius 3 is 2.67 bits per heavy atom. The Labute approximate surface area is 185 Å². The number of hydrogen-bond donors (Lipinski definition) is 2. The molecule has 2 aromatic carbocycles. The summed E-state index contributed by atoms with van der Waals surface area (Å²) in [5, 5.41) is 10.3. The topological polar surface area (TPSA) is 76.0 Å². The highest BCUT2D eigenvalue weighted by atomic mass is 79.9. The molecule has 30 heavy (non-hydrogen) atoms. The number of benzene rings is 2. The van der Waals surface area contributed by atoms with Gasteiger partial charge in [0.05, 0.1) is 11.3 Å². The summed E-state index contributed by atoms with van der Waals surface area (Å²) in [7, 11) is 0. The second-order valence-electron chi connectivity index (χ2n) is 6.76. The summed E-state index contributed by atoms with van der Waals surface area (Å²) < 4.78 is 15.2. The molecule has 0 bridgehead atoms. The Hall–Kier alpha value is -2.65. The van der Waals surface area contributed by atoms with Gasteiger partial charge in [0.15, 0.2) is 0 Å². The minimum Gasteiger partial charge on any atom is -0.350 e. The van der Waals surface area contributed by atoms with E-state index in [1.54, 1.807) is 46.8 Å². The fraction of sp³-hybridized carbons (Fsp3) is 0.190. The first kappa shape index (κ1) is 20.6. The van der Waals surface area contributed by atoms with Crippen molar-refractivity contribution in [3.8, 4) is 0 Å². The van der Waals surface area contributed by atoms with Gasteiger partial charge in [-0.1, -0.05) is 24.3 Å². The summed E-state index contributed by atoms with van der Waals surface area (Å²) in [6, 6.07) is 13.1. The first-order chi connectivity index (χ1) is 14.5. The molecular formula is C21H18BrFN4O2S. The molecule has 0 fully saturated rings. The van der Waals surface area contributed by atoms with Gasteiger partial charge in [-0.2, -0.15) is 16.9 Å². The number of carbonyl (C=O) groups excluding carboxylic acids is 2. The highest BCUT2D eigenvalue weighted by Crippen LogP contribution is 2.35. The van der Waals surface area contributed by atoms with E-state index in [1.807, 2.05) is 6.07 Å². The fourth-order valence-corrected chi connectivity index (χ4v) is 4.64. The maximum Gasteiger partial charge on any atom is 0.257 e. The third kappa shape index (κ3) is 4.57. The van der Waals surface area contributed by atoms with Crippen molar-refractivity contribution in [1.82, 2.24) is 15.1 Å². The van der Waals surface area contributed by atoms with Crippen molar-refractivity contribution in [2.45, 2.75) is 24.6 Å². The van der Waals surface area contributed by atoms with Crippen LogP contribution in [0.3, 0.4) is 0 Å². The predicted octanol–water partition coefficient (Wildman–Crippen LogP) is 4.10. The minimum atomic E-state index is -0.320. The summed E-state index contributed by atoms with van der Waals surface area (Å²) in [6.45, 7) is 0.263. The van der Waals surface area contributed by atoms with Crippen LogP contribution in [0.25, 0.3) is 0 Å². The third-order valence-corrected chi connectivity index (χ3v) is 6.33.